The fraction of sp³-hybridized carbons (Fsp3) is 0.462. The standard InChI is InChI=1S/C13H15Cl3N2O2/c1-8(13(19)18-4-2-17-3-5-18)20-12-7-10(15)9(14)6-11(12)16/h6-8,17H,2-5H2,1H3. The van der Waals surface area contributed by atoms with Gasteiger partial charge in [0, 0.05) is 32.2 Å². The Kier molecular flexibility index (Phi) is 5.38. The number of carbonyl (C=O) groups is 1. The second kappa shape index (κ2) is 6.85. The van der Waals surface area contributed by atoms with E-state index in [0.717, 1.165) is 13.1 Å². The van der Waals surface area contributed by atoms with Crippen LogP contribution in [-0.4, -0.2) is 43.1 Å². The summed E-state index contributed by atoms with van der Waals surface area (Å²) in [7, 11) is 0. The number of carbonyl (C=O) groups excluding carboxylic acids is 1. The zero-order valence-electron chi connectivity index (χ0n) is 11.0. The molecular weight excluding hydrogens is 323 g/mol. The van der Waals surface area contributed by atoms with Gasteiger partial charge in [-0.05, 0) is 13.0 Å². The molecule has 4 nitrogen and oxygen atoms in total. The van der Waals surface area contributed by atoms with Gasteiger partial charge in [-0.1, -0.05) is 34.8 Å². The summed E-state index contributed by atoms with van der Waals surface area (Å²) in [6.45, 7) is 4.66. The zero-order chi connectivity index (χ0) is 14.7. The Bertz CT molecular complexity index is 505. The van der Waals surface area contributed by atoms with Crippen molar-refractivity contribution in [2.24, 2.45) is 0 Å². The Balaban J connectivity index is 2.05. The highest BCUT2D eigenvalue weighted by Gasteiger charge is 2.24. The highest BCUT2D eigenvalue weighted by Crippen LogP contribution is 2.34. The van der Waals surface area contributed by atoms with E-state index in [9.17, 15) is 4.79 Å². The smallest absolute Gasteiger partial charge is 0.263 e. The van der Waals surface area contributed by atoms with Gasteiger partial charge in [-0.15, -0.1) is 0 Å². The van der Waals surface area contributed by atoms with Crippen LogP contribution in [0.5, 0.6) is 5.75 Å². The molecule has 0 spiro atoms. The van der Waals surface area contributed by atoms with E-state index >= 15 is 0 Å². The number of nitrogens with one attached hydrogen (secondary N) is 1. The summed E-state index contributed by atoms with van der Waals surface area (Å²) in [5.74, 6) is 0.297. The summed E-state index contributed by atoms with van der Waals surface area (Å²) in [6, 6.07) is 3.02. The van der Waals surface area contributed by atoms with E-state index in [1.165, 1.54) is 12.1 Å². The van der Waals surface area contributed by atoms with Crippen molar-refractivity contribution in [3.05, 3.63) is 27.2 Å². The number of ether oxygens (including phenoxy) is 1. The van der Waals surface area contributed by atoms with Gasteiger partial charge in [-0.3, -0.25) is 4.79 Å². The lowest BCUT2D eigenvalue weighted by atomic mass is 10.2. The molecule has 1 aliphatic rings. The molecule has 0 aliphatic carbocycles. The van der Waals surface area contributed by atoms with Crippen molar-refractivity contribution in [1.29, 1.82) is 0 Å². The predicted molar refractivity (Wildman–Crippen MR) is 81.0 cm³/mol. The number of halogens is 3. The van der Waals surface area contributed by atoms with Crippen LogP contribution >= 0.6 is 34.8 Å². The topological polar surface area (TPSA) is 41.6 Å². The van der Waals surface area contributed by atoms with Crippen LogP contribution in [0.15, 0.2) is 12.1 Å². The summed E-state index contributed by atoms with van der Waals surface area (Å²) in [5.41, 5.74) is 0. The van der Waals surface area contributed by atoms with Crippen LogP contribution in [0.25, 0.3) is 0 Å². The van der Waals surface area contributed by atoms with Gasteiger partial charge in [0.2, 0.25) is 0 Å². The number of benzene rings is 1. The molecule has 0 bridgehead atoms. The number of amides is 1. The molecule has 1 heterocycles. The molecule has 7 heteroatoms. The third-order valence-electron chi connectivity index (χ3n) is 3.05. The van der Waals surface area contributed by atoms with E-state index in [1.54, 1.807) is 11.8 Å². The molecular formula is C13H15Cl3N2O2. The first-order valence-corrected chi connectivity index (χ1v) is 7.43. The number of hydrogen-bond acceptors (Lipinski definition) is 3. The molecule has 0 radical (unpaired) electrons. The molecule has 1 atom stereocenters. The second-order valence-corrected chi connectivity index (χ2v) is 5.75. The summed E-state index contributed by atoms with van der Waals surface area (Å²) in [6.07, 6.45) is -0.622. The minimum atomic E-state index is -0.622. The van der Waals surface area contributed by atoms with Crippen molar-refractivity contribution in [3.63, 3.8) is 0 Å². The molecule has 1 amide bonds. The molecule has 1 saturated heterocycles. The predicted octanol–water partition coefficient (Wildman–Crippen LogP) is 2.85. The van der Waals surface area contributed by atoms with Gasteiger partial charge in [-0.2, -0.15) is 0 Å². The Morgan fingerprint density at radius 2 is 1.80 bits per heavy atom. The van der Waals surface area contributed by atoms with Gasteiger partial charge in [0.15, 0.2) is 6.10 Å². The molecule has 0 aromatic heterocycles. The first kappa shape index (κ1) is 15.7. The summed E-state index contributed by atoms with van der Waals surface area (Å²) >= 11 is 17.8. The molecule has 1 aromatic carbocycles. The fourth-order valence-corrected chi connectivity index (χ4v) is 2.56. The maximum Gasteiger partial charge on any atom is 0.263 e. The van der Waals surface area contributed by atoms with E-state index in [-0.39, 0.29) is 5.91 Å². The lowest BCUT2D eigenvalue weighted by Crippen LogP contribution is -2.50. The van der Waals surface area contributed by atoms with Crippen molar-refractivity contribution in [3.8, 4) is 5.75 Å². The Morgan fingerprint density at radius 1 is 1.20 bits per heavy atom. The highest BCUT2D eigenvalue weighted by atomic mass is 35.5. The number of nitrogens with zero attached hydrogens (tertiary/aromatic N) is 1. The van der Waals surface area contributed by atoms with E-state index in [4.69, 9.17) is 39.5 Å². The largest absolute Gasteiger partial charge is 0.479 e. The average molecular weight is 338 g/mol. The van der Waals surface area contributed by atoms with Gasteiger partial charge in [0.1, 0.15) is 5.75 Å². The van der Waals surface area contributed by atoms with Gasteiger partial charge in [0.25, 0.3) is 5.91 Å². The van der Waals surface area contributed by atoms with Gasteiger partial charge in [-0.25, -0.2) is 0 Å². The third-order valence-corrected chi connectivity index (χ3v) is 4.07. The van der Waals surface area contributed by atoms with Gasteiger partial charge < -0.3 is 15.0 Å². The monoisotopic (exact) mass is 336 g/mol. The second-order valence-electron chi connectivity index (χ2n) is 4.53. The molecule has 110 valence electrons. The summed E-state index contributed by atoms with van der Waals surface area (Å²) < 4.78 is 5.61. The number of rotatable bonds is 3. The first-order chi connectivity index (χ1) is 9.49. The lowest BCUT2D eigenvalue weighted by molar-refractivity contribution is -0.138. The van der Waals surface area contributed by atoms with Crippen LogP contribution in [0, 0.1) is 0 Å². The SMILES string of the molecule is CC(Oc1cc(Cl)c(Cl)cc1Cl)C(=O)N1CCNCC1. The van der Waals surface area contributed by atoms with E-state index in [0.29, 0.717) is 33.9 Å². The van der Waals surface area contributed by atoms with Crippen molar-refractivity contribution in [2.45, 2.75) is 13.0 Å². The van der Waals surface area contributed by atoms with Crippen LogP contribution in [0.3, 0.4) is 0 Å². The summed E-state index contributed by atoms with van der Waals surface area (Å²) in [5, 5.41) is 4.22. The molecule has 1 fully saturated rings. The molecule has 1 aromatic rings. The van der Waals surface area contributed by atoms with Crippen molar-refractivity contribution in [2.75, 3.05) is 26.2 Å². The molecule has 20 heavy (non-hydrogen) atoms. The molecule has 0 saturated carbocycles. The molecule has 1 N–H and O–H groups in total. The third kappa shape index (κ3) is 3.70. The Labute approximate surface area is 132 Å². The molecule has 1 unspecified atom stereocenters. The Hall–Kier alpha value is -0.680. The maximum atomic E-state index is 12.2. The first-order valence-electron chi connectivity index (χ1n) is 6.29. The lowest BCUT2D eigenvalue weighted by Gasteiger charge is -2.29. The highest BCUT2D eigenvalue weighted by molar-refractivity contribution is 6.43. The summed E-state index contributed by atoms with van der Waals surface area (Å²) in [4.78, 5) is 14.0. The fourth-order valence-electron chi connectivity index (χ4n) is 1.98. The minimum absolute atomic E-state index is 0.0614. The van der Waals surface area contributed by atoms with E-state index < -0.39 is 6.10 Å². The van der Waals surface area contributed by atoms with Crippen molar-refractivity contribution < 1.29 is 9.53 Å². The average Bonchev–Trinajstić information content (AvgIpc) is 2.44. The minimum Gasteiger partial charge on any atom is -0.479 e. The normalized spacial score (nSPS) is 16.9. The molecule has 2 rings (SSSR count). The quantitative estimate of drug-likeness (QED) is 0.862. The number of hydrogen-bond donors (Lipinski definition) is 1. The maximum absolute atomic E-state index is 12.2. The van der Waals surface area contributed by atoms with Crippen LogP contribution in [0.2, 0.25) is 15.1 Å². The zero-order valence-corrected chi connectivity index (χ0v) is 13.2. The van der Waals surface area contributed by atoms with Crippen LogP contribution < -0.4 is 10.1 Å². The van der Waals surface area contributed by atoms with Crippen molar-refractivity contribution in [1.82, 2.24) is 10.2 Å². The van der Waals surface area contributed by atoms with Crippen LogP contribution in [0.1, 0.15) is 6.92 Å². The number of piperazine rings is 1. The van der Waals surface area contributed by atoms with Gasteiger partial charge >= 0.3 is 0 Å². The van der Waals surface area contributed by atoms with Gasteiger partial charge in [0.05, 0.1) is 15.1 Å². The van der Waals surface area contributed by atoms with Crippen LogP contribution in [0.4, 0.5) is 0 Å². The molecule has 1 aliphatic heterocycles. The van der Waals surface area contributed by atoms with E-state index in [2.05, 4.69) is 5.32 Å². The Morgan fingerprint density at radius 3 is 2.45 bits per heavy atom. The van der Waals surface area contributed by atoms with E-state index in [1.807, 2.05) is 0 Å². The van der Waals surface area contributed by atoms with Crippen LogP contribution in [-0.2, 0) is 4.79 Å². The van der Waals surface area contributed by atoms with Crippen molar-refractivity contribution >= 4 is 40.7 Å².